The lowest BCUT2D eigenvalue weighted by Crippen LogP contribution is -2.39. The quantitative estimate of drug-likeness (QED) is 0.589. The van der Waals surface area contributed by atoms with Crippen molar-refractivity contribution in [3.63, 3.8) is 0 Å². The average molecular weight is 513 g/mol. The van der Waals surface area contributed by atoms with E-state index in [9.17, 15) is 4.79 Å². The zero-order valence-corrected chi connectivity index (χ0v) is 22.1. The smallest absolute Gasteiger partial charge is 0.344 e. The number of halogens is 1. The summed E-state index contributed by atoms with van der Waals surface area (Å²) in [5.74, 6) is 1.89. The Kier molecular flexibility index (Phi) is 6.60. The summed E-state index contributed by atoms with van der Waals surface area (Å²) in [5.41, 5.74) is 2.08. The van der Waals surface area contributed by atoms with Gasteiger partial charge in [-0.15, -0.1) is 0 Å². The molecule has 0 bridgehead atoms. The monoisotopic (exact) mass is 512 g/mol. The zero-order chi connectivity index (χ0) is 24.8. The first kappa shape index (κ1) is 24.1. The molecule has 2 unspecified atom stereocenters. The van der Waals surface area contributed by atoms with Crippen molar-refractivity contribution < 1.29 is 9.53 Å². The van der Waals surface area contributed by atoms with E-state index in [-0.39, 0.29) is 6.03 Å². The SMILES string of the molecule is CN(C)c1cnn(C(=O)N2CC3CN(Cc4ccc(OC5CCN(C6CC6)CC5)cc4Cl)CC3C2)c1. The van der Waals surface area contributed by atoms with Crippen LogP contribution in [0.25, 0.3) is 0 Å². The van der Waals surface area contributed by atoms with Crippen LogP contribution in [0, 0.1) is 11.8 Å². The van der Waals surface area contributed by atoms with Crippen LogP contribution >= 0.6 is 11.6 Å². The van der Waals surface area contributed by atoms with Gasteiger partial charge in [-0.3, -0.25) is 4.90 Å². The molecule has 4 fully saturated rings. The second-order valence-corrected chi connectivity index (χ2v) is 11.7. The van der Waals surface area contributed by atoms with Crippen LogP contribution in [0.4, 0.5) is 10.5 Å². The fourth-order valence-electron chi connectivity index (χ4n) is 6.13. The van der Waals surface area contributed by atoms with Gasteiger partial charge in [0.2, 0.25) is 0 Å². The molecule has 0 spiro atoms. The molecule has 194 valence electrons. The highest BCUT2D eigenvalue weighted by atomic mass is 35.5. The largest absolute Gasteiger partial charge is 0.490 e. The van der Waals surface area contributed by atoms with Gasteiger partial charge < -0.3 is 19.4 Å². The molecule has 1 amide bonds. The lowest BCUT2D eigenvalue weighted by atomic mass is 10.0. The number of hydrogen-bond acceptors (Lipinski definition) is 6. The Labute approximate surface area is 218 Å². The molecule has 1 aliphatic carbocycles. The van der Waals surface area contributed by atoms with E-state index in [2.05, 4.69) is 27.0 Å². The molecule has 0 N–H and O–H groups in total. The second-order valence-electron chi connectivity index (χ2n) is 11.3. The number of anilines is 1. The van der Waals surface area contributed by atoms with Gasteiger partial charge in [-0.1, -0.05) is 17.7 Å². The summed E-state index contributed by atoms with van der Waals surface area (Å²) >= 11 is 6.69. The fourth-order valence-corrected chi connectivity index (χ4v) is 6.36. The molecule has 4 aliphatic rings. The second kappa shape index (κ2) is 9.88. The van der Waals surface area contributed by atoms with Gasteiger partial charge in [0.05, 0.1) is 18.1 Å². The number of piperidine rings is 1. The molecular formula is C27H37ClN6O2. The number of likely N-dealkylation sites (tertiary alicyclic amines) is 3. The molecule has 36 heavy (non-hydrogen) atoms. The Morgan fingerprint density at radius 3 is 2.42 bits per heavy atom. The Morgan fingerprint density at radius 1 is 1.08 bits per heavy atom. The Morgan fingerprint density at radius 2 is 1.81 bits per heavy atom. The fraction of sp³-hybridized carbons (Fsp3) is 0.630. The number of carbonyl (C=O) groups excluding carboxylic acids is 1. The zero-order valence-electron chi connectivity index (χ0n) is 21.4. The number of rotatable bonds is 6. The number of ether oxygens (including phenoxy) is 1. The van der Waals surface area contributed by atoms with Gasteiger partial charge in [-0.05, 0) is 55.2 Å². The summed E-state index contributed by atoms with van der Waals surface area (Å²) in [6.07, 6.45) is 8.78. The van der Waals surface area contributed by atoms with E-state index in [0.717, 1.165) is 86.7 Å². The molecule has 2 aromatic rings. The maximum atomic E-state index is 12.9. The van der Waals surface area contributed by atoms with Crippen molar-refractivity contribution in [3.05, 3.63) is 41.2 Å². The van der Waals surface area contributed by atoms with Crippen molar-refractivity contribution >= 4 is 23.3 Å². The first-order valence-corrected chi connectivity index (χ1v) is 13.7. The molecule has 9 heteroatoms. The van der Waals surface area contributed by atoms with Crippen molar-refractivity contribution in [1.29, 1.82) is 0 Å². The number of fused-ring (bicyclic) bond motifs is 1. The predicted octanol–water partition coefficient (Wildman–Crippen LogP) is 3.64. The van der Waals surface area contributed by atoms with E-state index in [1.807, 2.05) is 30.0 Å². The molecule has 1 saturated carbocycles. The highest BCUT2D eigenvalue weighted by molar-refractivity contribution is 6.31. The van der Waals surface area contributed by atoms with E-state index in [4.69, 9.17) is 16.3 Å². The minimum Gasteiger partial charge on any atom is -0.490 e. The van der Waals surface area contributed by atoms with Crippen molar-refractivity contribution in [3.8, 4) is 5.75 Å². The summed E-state index contributed by atoms with van der Waals surface area (Å²) < 4.78 is 7.75. The number of aromatic nitrogens is 2. The number of carbonyl (C=O) groups is 1. The lowest BCUT2D eigenvalue weighted by molar-refractivity contribution is 0.0965. The van der Waals surface area contributed by atoms with Crippen LogP contribution in [0.3, 0.4) is 0 Å². The van der Waals surface area contributed by atoms with Crippen molar-refractivity contribution in [2.45, 2.75) is 44.4 Å². The van der Waals surface area contributed by atoms with Crippen LogP contribution in [0.5, 0.6) is 5.75 Å². The molecule has 0 radical (unpaired) electrons. The van der Waals surface area contributed by atoms with E-state index < -0.39 is 0 Å². The van der Waals surface area contributed by atoms with Gasteiger partial charge in [-0.25, -0.2) is 4.79 Å². The maximum absolute atomic E-state index is 12.9. The number of nitrogens with zero attached hydrogens (tertiary/aromatic N) is 6. The number of amides is 1. The molecule has 8 nitrogen and oxygen atoms in total. The van der Waals surface area contributed by atoms with Gasteiger partial charge in [0, 0.05) is 71.0 Å². The normalized spacial score (nSPS) is 25.4. The third-order valence-corrected chi connectivity index (χ3v) is 8.73. The van der Waals surface area contributed by atoms with E-state index in [0.29, 0.717) is 17.9 Å². The van der Waals surface area contributed by atoms with E-state index >= 15 is 0 Å². The standard InChI is InChI=1S/C27H37ClN6O2/c1-30(2)23-12-29-34(18-23)27(35)33-16-20-14-31(15-21(20)17-33)13-19-3-6-25(11-26(19)28)36-24-7-9-32(10-8-24)22-4-5-22/h3,6,11-12,18,20-22,24H,4-5,7-10,13-17H2,1-2H3. The maximum Gasteiger partial charge on any atom is 0.344 e. The highest BCUT2D eigenvalue weighted by Crippen LogP contribution is 2.34. The number of hydrogen-bond donors (Lipinski definition) is 0. The third-order valence-electron chi connectivity index (χ3n) is 8.37. The van der Waals surface area contributed by atoms with Gasteiger partial charge in [0.15, 0.2) is 0 Å². The van der Waals surface area contributed by atoms with Gasteiger partial charge in [-0.2, -0.15) is 9.78 Å². The Hall–Kier alpha value is -2.29. The summed E-state index contributed by atoms with van der Waals surface area (Å²) in [7, 11) is 3.90. The molecule has 3 saturated heterocycles. The van der Waals surface area contributed by atoms with Crippen molar-refractivity contribution in [2.24, 2.45) is 11.8 Å². The molecule has 4 heterocycles. The topological polar surface area (TPSA) is 57.1 Å². The van der Waals surface area contributed by atoms with Crippen LogP contribution in [0.2, 0.25) is 5.02 Å². The summed E-state index contributed by atoms with van der Waals surface area (Å²) in [5, 5.41) is 5.04. The highest BCUT2D eigenvalue weighted by Gasteiger charge is 2.42. The van der Waals surface area contributed by atoms with Crippen molar-refractivity contribution in [2.75, 3.05) is 58.3 Å². The van der Waals surface area contributed by atoms with Gasteiger partial charge >= 0.3 is 6.03 Å². The summed E-state index contributed by atoms with van der Waals surface area (Å²) in [6.45, 7) is 6.70. The van der Waals surface area contributed by atoms with Crippen LogP contribution in [0.15, 0.2) is 30.6 Å². The molecule has 6 rings (SSSR count). The Balaban J connectivity index is 0.989. The molecular weight excluding hydrogens is 476 g/mol. The minimum absolute atomic E-state index is 0.0269. The third kappa shape index (κ3) is 5.08. The predicted molar refractivity (Wildman–Crippen MR) is 141 cm³/mol. The van der Waals surface area contributed by atoms with Crippen molar-refractivity contribution in [1.82, 2.24) is 24.5 Å². The van der Waals surface area contributed by atoms with Crippen LogP contribution in [-0.2, 0) is 6.54 Å². The average Bonchev–Trinajstić information content (AvgIpc) is 3.27. The molecule has 3 aliphatic heterocycles. The van der Waals surface area contributed by atoms with Crippen LogP contribution in [0.1, 0.15) is 31.2 Å². The number of benzene rings is 1. The molecule has 1 aromatic heterocycles. The van der Waals surface area contributed by atoms with Crippen LogP contribution in [-0.4, -0.2) is 96.0 Å². The Bertz CT molecular complexity index is 1080. The lowest BCUT2D eigenvalue weighted by Gasteiger charge is -2.32. The summed E-state index contributed by atoms with van der Waals surface area (Å²) in [6, 6.07) is 7.02. The molecule has 2 atom stereocenters. The first-order valence-electron chi connectivity index (χ1n) is 13.4. The molecule has 1 aromatic carbocycles. The van der Waals surface area contributed by atoms with Gasteiger partial charge in [0.1, 0.15) is 11.9 Å². The van der Waals surface area contributed by atoms with Crippen LogP contribution < -0.4 is 9.64 Å². The van der Waals surface area contributed by atoms with E-state index in [1.165, 1.54) is 17.5 Å². The van der Waals surface area contributed by atoms with E-state index in [1.54, 1.807) is 12.4 Å². The first-order chi connectivity index (χ1) is 17.4. The minimum atomic E-state index is -0.0269. The van der Waals surface area contributed by atoms with Gasteiger partial charge in [0.25, 0.3) is 0 Å². The summed E-state index contributed by atoms with van der Waals surface area (Å²) in [4.78, 5) is 21.9.